The van der Waals surface area contributed by atoms with Gasteiger partial charge in [0.15, 0.2) is 5.89 Å². The maximum absolute atomic E-state index is 12.6. The van der Waals surface area contributed by atoms with Crippen LogP contribution < -0.4 is 5.73 Å². The second-order valence-electron chi connectivity index (χ2n) is 10.5. The zero-order chi connectivity index (χ0) is 21.6. The van der Waals surface area contributed by atoms with Gasteiger partial charge in [0.05, 0.1) is 24.9 Å². The summed E-state index contributed by atoms with van der Waals surface area (Å²) in [5, 5.41) is 4.43. The minimum Gasteiger partial charge on any atom is -0.444 e. The molecule has 0 bridgehead atoms. The molecule has 31 heavy (non-hydrogen) atoms. The number of hydrogen-bond donors (Lipinski definition) is 1. The van der Waals surface area contributed by atoms with Crippen molar-refractivity contribution in [2.45, 2.75) is 78.2 Å². The molecule has 0 saturated heterocycles. The molecule has 4 aliphatic carbocycles. The first-order valence-electron chi connectivity index (χ1n) is 12.0. The molecule has 4 aliphatic rings. The van der Waals surface area contributed by atoms with Crippen molar-refractivity contribution in [3.8, 4) is 0 Å². The van der Waals surface area contributed by atoms with E-state index >= 15 is 0 Å². The average Bonchev–Trinajstić information content (AvgIpc) is 3.35. The minimum atomic E-state index is -0.0400. The van der Waals surface area contributed by atoms with Crippen LogP contribution in [0.4, 0.5) is 0 Å². The lowest BCUT2D eigenvalue weighted by Crippen LogP contribution is -2.50. The van der Waals surface area contributed by atoms with Crippen LogP contribution in [0.3, 0.4) is 0 Å². The number of Topliss-reactive ketones (excluding diaryl/α,β-unsaturated/α-hetero) is 1. The summed E-state index contributed by atoms with van der Waals surface area (Å²) in [5.74, 6) is 3.88. The minimum absolute atomic E-state index is 0.0400. The number of carbonyl (C=O) groups excluding carboxylic acids is 1. The van der Waals surface area contributed by atoms with E-state index in [1.54, 1.807) is 11.8 Å². The van der Waals surface area contributed by atoms with Gasteiger partial charge in [0.25, 0.3) is 0 Å². The van der Waals surface area contributed by atoms with Crippen molar-refractivity contribution in [2.75, 3.05) is 6.61 Å². The Balaban J connectivity index is 1.24. The number of aromatic nitrogens is 1. The molecule has 5 unspecified atom stereocenters. The van der Waals surface area contributed by atoms with Crippen LogP contribution in [-0.4, -0.2) is 23.1 Å². The van der Waals surface area contributed by atoms with Crippen molar-refractivity contribution >= 4 is 11.5 Å². The van der Waals surface area contributed by atoms with Crippen LogP contribution in [0.25, 0.3) is 0 Å². The molecule has 1 aromatic rings. The van der Waals surface area contributed by atoms with Crippen molar-refractivity contribution in [2.24, 2.45) is 39.5 Å². The number of rotatable bonds is 5. The Morgan fingerprint density at radius 3 is 2.81 bits per heavy atom. The molecule has 168 valence electrons. The summed E-state index contributed by atoms with van der Waals surface area (Å²) >= 11 is 0. The summed E-state index contributed by atoms with van der Waals surface area (Å²) in [6.07, 6.45) is 13.2. The number of oxazole rings is 1. The van der Waals surface area contributed by atoms with E-state index in [9.17, 15) is 4.79 Å². The Morgan fingerprint density at radius 2 is 2.00 bits per heavy atom. The second-order valence-corrected chi connectivity index (χ2v) is 10.5. The highest BCUT2D eigenvalue weighted by molar-refractivity contribution is 5.96. The standard InChI is InChI=1S/C25H35N3O3/c1-24-10-7-17(28-30-12-9-23-27-15-18(14-26)31-23)13-16(24)3-4-19-20-5-6-22(29)25(20,2)11-8-21(19)24/h13,15,19-21H,3-12,14,26H2,1-2H3. The number of nitrogens with zero attached hydrogens (tertiary/aromatic N) is 2. The number of hydrogen-bond acceptors (Lipinski definition) is 6. The van der Waals surface area contributed by atoms with E-state index in [1.807, 2.05) is 0 Å². The SMILES string of the molecule is CC12CCC3C(CCC4=CC(=NOCCc5ncc(CN)o5)CCC43C)C1CCC2=O. The van der Waals surface area contributed by atoms with Gasteiger partial charge in [-0.1, -0.05) is 24.6 Å². The van der Waals surface area contributed by atoms with Gasteiger partial charge in [0.2, 0.25) is 0 Å². The Labute approximate surface area is 184 Å². The van der Waals surface area contributed by atoms with Crippen molar-refractivity contribution in [1.29, 1.82) is 0 Å². The zero-order valence-corrected chi connectivity index (χ0v) is 18.9. The van der Waals surface area contributed by atoms with Crippen molar-refractivity contribution < 1.29 is 14.0 Å². The van der Waals surface area contributed by atoms with E-state index in [1.165, 1.54) is 12.8 Å². The summed E-state index contributed by atoms with van der Waals surface area (Å²) in [6.45, 7) is 5.55. The fourth-order valence-corrected chi connectivity index (χ4v) is 7.23. The smallest absolute Gasteiger partial charge is 0.197 e. The van der Waals surface area contributed by atoms with Crippen LogP contribution in [0, 0.1) is 28.6 Å². The molecule has 0 aromatic carbocycles. The molecular formula is C25H35N3O3. The van der Waals surface area contributed by atoms with Crippen molar-refractivity contribution in [1.82, 2.24) is 4.98 Å². The maximum Gasteiger partial charge on any atom is 0.197 e. The first-order valence-corrected chi connectivity index (χ1v) is 12.0. The van der Waals surface area contributed by atoms with E-state index in [-0.39, 0.29) is 10.8 Å². The van der Waals surface area contributed by atoms with E-state index in [0.29, 0.717) is 54.8 Å². The van der Waals surface area contributed by atoms with Crippen LogP contribution >= 0.6 is 0 Å². The van der Waals surface area contributed by atoms with E-state index in [0.717, 1.165) is 44.2 Å². The zero-order valence-electron chi connectivity index (χ0n) is 18.9. The van der Waals surface area contributed by atoms with Crippen LogP contribution in [0.2, 0.25) is 0 Å². The third-order valence-corrected chi connectivity index (χ3v) is 9.08. The van der Waals surface area contributed by atoms with Crippen LogP contribution in [0.5, 0.6) is 0 Å². The lowest BCUT2D eigenvalue weighted by atomic mass is 9.47. The van der Waals surface area contributed by atoms with Gasteiger partial charge >= 0.3 is 0 Å². The Morgan fingerprint density at radius 1 is 1.16 bits per heavy atom. The molecule has 0 aliphatic heterocycles. The lowest BCUT2D eigenvalue weighted by molar-refractivity contribution is -0.132. The maximum atomic E-state index is 12.6. The number of carbonyl (C=O) groups is 1. The normalized spacial score (nSPS) is 38.4. The number of ketones is 1. The van der Waals surface area contributed by atoms with E-state index in [4.69, 9.17) is 15.0 Å². The molecule has 1 heterocycles. The Hall–Kier alpha value is -1.95. The molecule has 1 aromatic heterocycles. The number of allylic oxidation sites excluding steroid dienone is 2. The average molecular weight is 426 g/mol. The van der Waals surface area contributed by atoms with Gasteiger partial charge in [-0.15, -0.1) is 0 Å². The molecule has 5 rings (SSSR count). The molecule has 3 saturated carbocycles. The van der Waals surface area contributed by atoms with Gasteiger partial charge in [0, 0.05) is 11.8 Å². The molecule has 6 nitrogen and oxygen atoms in total. The summed E-state index contributed by atoms with van der Waals surface area (Å²) < 4.78 is 5.51. The van der Waals surface area contributed by atoms with Crippen LogP contribution in [-0.2, 0) is 22.6 Å². The highest BCUT2D eigenvalue weighted by Gasteiger charge is 2.58. The predicted octanol–water partition coefficient (Wildman–Crippen LogP) is 4.58. The van der Waals surface area contributed by atoms with Gasteiger partial charge in [-0.25, -0.2) is 4.98 Å². The second kappa shape index (κ2) is 7.88. The largest absolute Gasteiger partial charge is 0.444 e. The number of oxime groups is 1. The van der Waals surface area contributed by atoms with Gasteiger partial charge in [0.1, 0.15) is 18.2 Å². The van der Waals surface area contributed by atoms with Gasteiger partial charge < -0.3 is 15.0 Å². The first-order chi connectivity index (χ1) is 14.9. The fraction of sp³-hybridized carbons (Fsp3) is 0.720. The summed E-state index contributed by atoms with van der Waals surface area (Å²) in [6, 6.07) is 0. The third-order valence-electron chi connectivity index (χ3n) is 9.08. The fourth-order valence-electron chi connectivity index (χ4n) is 7.23. The van der Waals surface area contributed by atoms with Gasteiger partial charge in [-0.2, -0.15) is 0 Å². The monoisotopic (exact) mass is 425 g/mol. The third kappa shape index (κ3) is 3.47. The molecule has 3 fully saturated rings. The highest BCUT2D eigenvalue weighted by Crippen LogP contribution is 2.64. The highest BCUT2D eigenvalue weighted by atomic mass is 16.6. The summed E-state index contributed by atoms with van der Waals surface area (Å²) in [7, 11) is 0. The predicted molar refractivity (Wildman–Crippen MR) is 118 cm³/mol. The molecule has 6 heteroatoms. The van der Waals surface area contributed by atoms with Crippen LogP contribution in [0.15, 0.2) is 27.4 Å². The molecule has 0 radical (unpaired) electrons. The van der Waals surface area contributed by atoms with Crippen molar-refractivity contribution in [3.63, 3.8) is 0 Å². The summed E-state index contributed by atoms with van der Waals surface area (Å²) in [4.78, 5) is 22.4. The van der Waals surface area contributed by atoms with Crippen LogP contribution in [0.1, 0.15) is 76.9 Å². The molecule has 0 amide bonds. The topological polar surface area (TPSA) is 90.7 Å². The molecule has 2 N–H and O–H groups in total. The van der Waals surface area contributed by atoms with Crippen molar-refractivity contribution in [3.05, 3.63) is 29.5 Å². The van der Waals surface area contributed by atoms with E-state index < -0.39 is 0 Å². The van der Waals surface area contributed by atoms with E-state index in [2.05, 4.69) is 30.1 Å². The molecule has 5 atom stereocenters. The molecule has 0 spiro atoms. The number of nitrogens with two attached hydrogens (primary N) is 1. The van der Waals surface area contributed by atoms with Gasteiger partial charge in [-0.3, -0.25) is 4.79 Å². The first kappa shape index (κ1) is 20.9. The molecular weight excluding hydrogens is 390 g/mol. The lowest BCUT2D eigenvalue weighted by Gasteiger charge is -2.57. The Bertz CT molecular complexity index is 919. The summed E-state index contributed by atoms with van der Waals surface area (Å²) in [5.41, 5.74) is 8.37. The quantitative estimate of drug-likeness (QED) is 0.551. The number of fused-ring (bicyclic) bond motifs is 5. The van der Waals surface area contributed by atoms with Gasteiger partial charge in [-0.05, 0) is 74.2 Å². The Kier molecular flexibility index (Phi) is 5.32.